The molecule has 3 rings (SSSR count). The second-order valence-corrected chi connectivity index (χ2v) is 4.04. The number of carboxylic acids is 1. The summed E-state index contributed by atoms with van der Waals surface area (Å²) in [5, 5.41) is 9.07. The average Bonchev–Trinajstić information content (AvgIpc) is 2.98. The summed E-state index contributed by atoms with van der Waals surface area (Å²) in [4.78, 5) is 15.2. The summed E-state index contributed by atoms with van der Waals surface area (Å²) in [6, 6.07) is 0.342. The first kappa shape index (κ1) is 8.91. The van der Waals surface area contributed by atoms with E-state index in [2.05, 4.69) is 4.98 Å². The van der Waals surface area contributed by atoms with E-state index in [9.17, 15) is 4.79 Å². The molecule has 15 heavy (non-hydrogen) atoms. The SMILES string of the molecule is O=C(O)c1nc2c(n1C1CC1)COCC2. The number of hydrogen-bond acceptors (Lipinski definition) is 3. The van der Waals surface area contributed by atoms with Gasteiger partial charge in [-0.15, -0.1) is 0 Å². The number of nitrogens with zero attached hydrogens (tertiary/aromatic N) is 2. The molecule has 1 aromatic rings. The van der Waals surface area contributed by atoms with Gasteiger partial charge in [0.05, 0.1) is 24.6 Å². The van der Waals surface area contributed by atoms with Crippen molar-refractivity contribution in [2.24, 2.45) is 0 Å². The molecule has 1 saturated carbocycles. The predicted octanol–water partition coefficient (Wildman–Crippen LogP) is 0.989. The van der Waals surface area contributed by atoms with Crippen LogP contribution in [0, 0.1) is 0 Å². The van der Waals surface area contributed by atoms with Crippen LogP contribution in [-0.4, -0.2) is 27.2 Å². The van der Waals surface area contributed by atoms with E-state index in [1.54, 1.807) is 0 Å². The van der Waals surface area contributed by atoms with Gasteiger partial charge in [0, 0.05) is 12.5 Å². The maximum Gasteiger partial charge on any atom is 0.372 e. The fraction of sp³-hybridized carbons (Fsp3) is 0.600. The molecule has 1 N–H and O–H groups in total. The Labute approximate surface area is 86.7 Å². The minimum absolute atomic E-state index is 0.188. The van der Waals surface area contributed by atoms with Gasteiger partial charge < -0.3 is 14.4 Å². The van der Waals surface area contributed by atoms with E-state index < -0.39 is 5.97 Å². The minimum atomic E-state index is -0.934. The van der Waals surface area contributed by atoms with Crippen molar-refractivity contribution in [1.29, 1.82) is 0 Å². The Bertz CT molecular complexity index is 421. The smallest absolute Gasteiger partial charge is 0.372 e. The van der Waals surface area contributed by atoms with Gasteiger partial charge in [-0.25, -0.2) is 9.78 Å². The van der Waals surface area contributed by atoms with Gasteiger partial charge in [0.1, 0.15) is 0 Å². The molecule has 0 radical (unpaired) electrons. The third kappa shape index (κ3) is 1.34. The number of carbonyl (C=O) groups is 1. The maximum absolute atomic E-state index is 11.0. The van der Waals surface area contributed by atoms with Crippen LogP contribution in [0.5, 0.6) is 0 Å². The van der Waals surface area contributed by atoms with E-state index >= 15 is 0 Å². The van der Waals surface area contributed by atoms with Crippen LogP contribution in [0.2, 0.25) is 0 Å². The maximum atomic E-state index is 11.0. The van der Waals surface area contributed by atoms with Crippen LogP contribution in [0.1, 0.15) is 40.9 Å². The lowest BCUT2D eigenvalue weighted by molar-refractivity contribution is 0.0676. The van der Waals surface area contributed by atoms with Gasteiger partial charge >= 0.3 is 5.97 Å². The van der Waals surface area contributed by atoms with Crippen molar-refractivity contribution in [3.8, 4) is 0 Å². The average molecular weight is 208 g/mol. The van der Waals surface area contributed by atoms with Gasteiger partial charge in [0.15, 0.2) is 0 Å². The standard InChI is InChI=1S/C10H12N2O3/c13-10(14)9-11-7-3-4-15-5-8(7)12(9)6-1-2-6/h6H,1-5H2,(H,13,14). The molecule has 80 valence electrons. The number of imidazole rings is 1. The van der Waals surface area contributed by atoms with Crippen molar-refractivity contribution in [2.75, 3.05) is 6.61 Å². The van der Waals surface area contributed by atoms with Crippen LogP contribution >= 0.6 is 0 Å². The number of hydrogen-bond donors (Lipinski definition) is 1. The Kier molecular flexibility index (Phi) is 1.82. The fourth-order valence-electron chi connectivity index (χ4n) is 2.08. The van der Waals surface area contributed by atoms with Crippen LogP contribution in [-0.2, 0) is 17.8 Å². The molecule has 1 aromatic heterocycles. The number of ether oxygens (including phenoxy) is 1. The highest BCUT2D eigenvalue weighted by molar-refractivity contribution is 5.84. The summed E-state index contributed by atoms with van der Waals surface area (Å²) in [5.74, 6) is -0.746. The highest BCUT2D eigenvalue weighted by Gasteiger charge is 2.33. The topological polar surface area (TPSA) is 64.3 Å². The lowest BCUT2D eigenvalue weighted by atomic mass is 10.2. The molecule has 0 aromatic carbocycles. The first-order chi connectivity index (χ1) is 7.27. The fourth-order valence-corrected chi connectivity index (χ4v) is 2.08. The van der Waals surface area contributed by atoms with E-state index in [0.717, 1.165) is 30.7 Å². The lowest BCUT2D eigenvalue weighted by Gasteiger charge is -2.14. The van der Waals surface area contributed by atoms with Crippen LogP contribution in [0.15, 0.2) is 0 Å². The molecular weight excluding hydrogens is 196 g/mol. The van der Waals surface area contributed by atoms with Gasteiger partial charge in [-0.1, -0.05) is 0 Å². The largest absolute Gasteiger partial charge is 0.475 e. The Hall–Kier alpha value is -1.36. The molecule has 1 aliphatic carbocycles. The molecule has 0 spiro atoms. The quantitative estimate of drug-likeness (QED) is 0.787. The molecule has 5 heteroatoms. The van der Waals surface area contributed by atoms with Gasteiger partial charge in [-0.05, 0) is 12.8 Å². The predicted molar refractivity (Wildman–Crippen MR) is 50.8 cm³/mol. The number of rotatable bonds is 2. The molecule has 2 aliphatic rings. The molecule has 0 saturated heterocycles. The number of carboxylic acid groups (broad SMARTS) is 1. The van der Waals surface area contributed by atoms with Gasteiger partial charge in [-0.2, -0.15) is 0 Å². The van der Waals surface area contributed by atoms with Crippen LogP contribution in [0.4, 0.5) is 0 Å². The van der Waals surface area contributed by atoms with Crippen molar-refractivity contribution in [1.82, 2.24) is 9.55 Å². The minimum Gasteiger partial charge on any atom is -0.475 e. The van der Waals surface area contributed by atoms with E-state index in [-0.39, 0.29) is 5.82 Å². The normalized spacial score (nSPS) is 20.0. The van der Waals surface area contributed by atoms with E-state index in [4.69, 9.17) is 9.84 Å². The summed E-state index contributed by atoms with van der Waals surface area (Å²) in [6.45, 7) is 1.15. The first-order valence-corrected chi connectivity index (χ1v) is 5.18. The molecular formula is C10H12N2O3. The molecule has 5 nitrogen and oxygen atoms in total. The Morgan fingerprint density at radius 1 is 1.53 bits per heavy atom. The second-order valence-electron chi connectivity index (χ2n) is 4.04. The second kappa shape index (κ2) is 3.06. The van der Waals surface area contributed by atoms with E-state index in [0.29, 0.717) is 19.3 Å². The zero-order valence-corrected chi connectivity index (χ0v) is 8.27. The van der Waals surface area contributed by atoms with Gasteiger partial charge in [-0.3, -0.25) is 0 Å². The van der Waals surface area contributed by atoms with Crippen molar-refractivity contribution in [2.45, 2.75) is 31.9 Å². The summed E-state index contributed by atoms with van der Waals surface area (Å²) in [6.07, 6.45) is 2.85. The zero-order valence-electron chi connectivity index (χ0n) is 8.27. The van der Waals surface area contributed by atoms with E-state index in [1.807, 2.05) is 4.57 Å². The Morgan fingerprint density at radius 3 is 3.00 bits per heavy atom. The van der Waals surface area contributed by atoms with Crippen LogP contribution < -0.4 is 0 Å². The molecule has 0 amide bonds. The van der Waals surface area contributed by atoms with Crippen LogP contribution in [0.25, 0.3) is 0 Å². The van der Waals surface area contributed by atoms with Gasteiger partial charge in [0.25, 0.3) is 0 Å². The summed E-state index contributed by atoms with van der Waals surface area (Å²) < 4.78 is 7.21. The first-order valence-electron chi connectivity index (χ1n) is 5.18. The Morgan fingerprint density at radius 2 is 2.33 bits per heavy atom. The highest BCUT2D eigenvalue weighted by Crippen LogP contribution is 2.38. The number of aromatic nitrogens is 2. The molecule has 1 fully saturated rings. The third-order valence-corrected chi connectivity index (χ3v) is 2.92. The van der Waals surface area contributed by atoms with Crippen LogP contribution in [0.3, 0.4) is 0 Å². The molecule has 1 aliphatic heterocycles. The molecule has 2 heterocycles. The summed E-state index contributed by atoms with van der Waals surface area (Å²) in [7, 11) is 0. The zero-order chi connectivity index (χ0) is 10.4. The van der Waals surface area contributed by atoms with Crippen molar-refractivity contribution >= 4 is 5.97 Å². The summed E-state index contributed by atoms with van der Waals surface area (Å²) >= 11 is 0. The van der Waals surface area contributed by atoms with Crippen molar-refractivity contribution in [3.05, 3.63) is 17.2 Å². The highest BCUT2D eigenvalue weighted by atomic mass is 16.5. The van der Waals surface area contributed by atoms with E-state index in [1.165, 1.54) is 0 Å². The number of fused-ring (bicyclic) bond motifs is 1. The Balaban J connectivity index is 2.13. The third-order valence-electron chi connectivity index (χ3n) is 2.92. The monoisotopic (exact) mass is 208 g/mol. The van der Waals surface area contributed by atoms with Crippen molar-refractivity contribution < 1.29 is 14.6 Å². The number of aromatic carboxylic acids is 1. The van der Waals surface area contributed by atoms with Gasteiger partial charge in [0.2, 0.25) is 5.82 Å². The van der Waals surface area contributed by atoms with Crippen molar-refractivity contribution in [3.63, 3.8) is 0 Å². The molecule has 0 atom stereocenters. The molecule has 0 bridgehead atoms. The molecule has 0 unspecified atom stereocenters. The lowest BCUT2D eigenvalue weighted by Crippen LogP contribution is -2.14. The summed E-state index contributed by atoms with van der Waals surface area (Å²) in [5.41, 5.74) is 1.88.